The number of anilines is 1. The van der Waals surface area contributed by atoms with Crippen LogP contribution in [0.1, 0.15) is 11.1 Å². The lowest BCUT2D eigenvalue weighted by molar-refractivity contribution is 1.32. The number of nitrogens with one attached hydrogen (secondary N) is 1. The first-order valence-corrected chi connectivity index (χ1v) is 5.96. The van der Waals surface area contributed by atoms with Crippen molar-refractivity contribution in [1.29, 1.82) is 0 Å². The van der Waals surface area contributed by atoms with E-state index in [1.54, 1.807) is 0 Å². The minimum atomic E-state index is 0.747. The Bertz CT molecular complexity index is 726. The maximum atomic E-state index is 6.01. The minimum absolute atomic E-state index is 0.747. The quantitative estimate of drug-likeness (QED) is 0.637. The second-order valence-electron chi connectivity index (χ2n) is 4.70. The van der Waals surface area contributed by atoms with E-state index >= 15 is 0 Å². The van der Waals surface area contributed by atoms with E-state index in [0.717, 1.165) is 28.1 Å². The fourth-order valence-corrected chi connectivity index (χ4v) is 2.13. The summed E-state index contributed by atoms with van der Waals surface area (Å²) in [5.41, 5.74) is 12.1. The Morgan fingerprint density at radius 2 is 1.72 bits per heavy atom. The van der Waals surface area contributed by atoms with Gasteiger partial charge in [0.2, 0.25) is 0 Å². The lowest BCUT2D eigenvalue weighted by atomic mass is 10.1. The van der Waals surface area contributed by atoms with Crippen molar-refractivity contribution in [2.24, 2.45) is 0 Å². The van der Waals surface area contributed by atoms with Crippen LogP contribution in [0.2, 0.25) is 0 Å². The van der Waals surface area contributed by atoms with Crippen LogP contribution in [0.3, 0.4) is 0 Å². The Kier molecular flexibility index (Phi) is 2.33. The molecule has 3 N–H and O–H groups in total. The molecule has 0 aliphatic rings. The van der Waals surface area contributed by atoms with Crippen LogP contribution in [0.5, 0.6) is 0 Å². The molecule has 0 fully saturated rings. The highest BCUT2D eigenvalue weighted by molar-refractivity contribution is 5.83. The Morgan fingerprint density at radius 3 is 2.56 bits per heavy atom. The molecule has 2 aromatic carbocycles. The lowest BCUT2D eigenvalue weighted by Gasteiger charge is -2.03. The fraction of sp³-hybridized carbons (Fsp3) is 0.133. The van der Waals surface area contributed by atoms with E-state index in [1.807, 2.05) is 18.2 Å². The monoisotopic (exact) mass is 237 g/mol. The van der Waals surface area contributed by atoms with Crippen molar-refractivity contribution in [3.05, 3.63) is 47.5 Å². The molecule has 0 aliphatic carbocycles. The summed E-state index contributed by atoms with van der Waals surface area (Å²) in [6.07, 6.45) is 0. The van der Waals surface area contributed by atoms with Crippen molar-refractivity contribution in [3.63, 3.8) is 0 Å². The van der Waals surface area contributed by atoms with Gasteiger partial charge in [-0.15, -0.1) is 0 Å². The summed E-state index contributed by atoms with van der Waals surface area (Å²) in [4.78, 5) is 7.92. The second kappa shape index (κ2) is 3.88. The van der Waals surface area contributed by atoms with Gasteiger partial charge in [-0.05, 0) is 43.7 Å². The van der Waals surface area contributed by atoms with E-state index in [-0.39, 0.29) is 0 Å². The first kappa shape index (κ1) is 10.8. The molecule has 3 rings (SSSR count). The molecular weight excluding hydrogens is 222 g/mol. The number of imidazole rings is 1. The van der Waals surface area contributed by atoms with Crippen molar-refractivity contribution in [2.45, 2.75) is 13.8 Å². The zero-order valence-electron chi connectivity index (χ0n) is 10.5. The predicted octanol–water partition coefficient (Wildman–Crippen LogP) is 3.43. The van der Waals surface area contributed by atoms with E-state index in [2.05, 4.69) is 42.0 Å². The molecule has 0 radical (unpaired) electrons. The van der Waals surface area contributed by atoms with Gasteiger partial charge in [-0.3, -0.25) is 0 Å². The maximum Gasteiger partial charge on any atom is 0.140 e. The highest BCUT2D eigenvalue weighted by Gasteiger charge is 2.08. The molecule has 3 nitrogen and oxygen atoms in total. The van der Waals surface area contributed by atoms with Crippen LogP contribution in [0.25, 0.3) is 22.4 Å². The smallest absolute Gasteiger partial charge is 0.140 e. The van der Waals surface area contributed by atoms with Gasteiger partial charge in [0.1, 0.15) is 5.82 Å². The van der Waals surface area contributed by atoms with Crippen molar-refractivity contribution >= 4 is 16.7 Å². The molecule has 90 valence electrons. The fourth-order valence-electron chi connectivity index (χ4n) is 2.13. The Morgan fingerprint density at radius 1 is 1.00 bits per heavy atom. The Hall–Kier alpha value is -2.29. The molecule has 0 atom stereocenters. The topological polar surface area (TPSA) is 54.7 Å². The molecule has 3 aromatic rings. The first-order valence-electron chi connectivity index (χ1n) is 5.96. The van der Waals surface area contributed by atoms with Gasteiger partial charge in [0.15, 0.2) is 0 Å². The average molecular weight is 237 g/mol. The van der Waals surface area contributed by atoms with Crippen LogP contribution in [-0.4, -0.2) is 9.97 Å². The summed E-state index contributed by atoms with van der Waals surface area (Å²) in [7, 11) is 0. The number of H-pyrrole nitrogens is 1. The summed E-state index contributed by atoms with van der Waals surface area (Å²) < 4.78 is 0. The SMILES string of the molecule is Cc1ccc(N)c(-c2nc3ccc(C)cc3[nH]2)c1. The molecule has 0 spiro atoms. The Labute approximate surface area is 106 Å². The molecule has 0 saturated carbocycles. The molecule has 0 amide bonds. The summed E-state index contributed by atoms with van der Waals surface area (Å²) in [5.74, 6) is 0.830. The molecule has 1 aromatic heterocycles. The molecule has 18 heavy (non-hydrogen) atoms. The van der Waals surface area contributed by atoms with E-state index in [0.29, 0.717) is 0 Å². The van der Waals surface area contributed by atoms with Gasteiger partial charge in [0.25, 0.3) is 0 Å². The van der Waals surface area contributed by atoms with Crippen molar-refractivity contribution in [2.75, 3.05) is 5.73 Å². The number of nitrogens with zero attached hydrogens (tertiary/aromatic N) is 1. The number of nitrogens with two attached hydrogens (primary N) is 1. The number of aryl methyl sites for hydroxylation is 2. The molecule has 3 heteroatoms. The second-order valence-corrected chi connectivity index (χ2v) is 4.70. The van der Waals surface area contributed by atoms with Gasteiger partial charge in [-0.25, -0.2) is 4.98 Å². The zero-order valence-corrected chi connectivity index (χ0v) is 10.5. The zero-order chi connectivity index (χ0) is 12.7. The largest absolute Gasteiger partial charge is 0.398 e. The van der Waals surface area contributed by atoms with E-state index in [9.17, 15) is 0 Å². The molecule has 0 saturated heterocycles. The first-order chi connectivity index (χ1) is 8.63. The van der Waals surface area contributed by atoms with Crippen LogP contribution in [0.15, 0.2) is 36.4 Å². The number of hydrogen-bond acceptors (Lipinski definition) is 2. The number of benzene rings is 2. The third-order valence-electron chi connectivity index (χ3n) is 3.10. The summed E-state index contributed by atoms with van der Waals surface area (Å²) in [6.45, 7) is 4.12. The number of rotatable bonds is 1. The van der Waals surface area contributed by atoms with E-state index in [1.165, 1.54) is 11.1 Å². The molecule has 1 heterocycles. The highest BCUT2D eigenvalue weighted by Crippen LogP contribution is 2.26. The average Bonchev–Trinajstić information content (AvgIpc) is 2.74. The van der Waals surface area contributed by atoms with Gasteiger partial charge in [0, 0.05) is 11.3 Å². The molecule has 0 aliphatic heterocycles. The van der Waals surface area contributed by atoms with Crippen LogP contribution < -0.4 is 5.73 Å². The van der Waals surface area contributed by atoms with Crippen LogP contribution >= 0.6 is 0 Å². The maximum absolute atomic E-state index is 6.01. The summed E-state index contributed by atoms with van der Waals surface area (Å²) in [5, 5.41) is 0. The number of fused-ring (bicyclic) bond motifs is 1. The highest BCUT2D eigenvalue weighted by atomic mass is 14.9. The predicted molar refractivity (Wildman–Crippen MR) is 75.4 cm³/mol. The van der Waals surface area contributed by atoms with Crippen LogP contribution in [-0.2, 0) is 0 Å². The number of aromatic amines is 1. The standard InChI is InChI=1S/C15H15N3/c1-9-3-5-12(16)11(7-9)15-17-13-6-4-10(2)8-14(13)18-15/h3-8H,16H2,1-2H3,(H,17,18). The van der Waals surface area contributed by atoms with Crippen LogP contribution in [0, 0.1) is 13.8 Å². The van der Waals surface area contributed by atoms with Crippen molar-refractivity contribution < 1.29 is 0 Å². The normalized spacial score (nSPS) is 11.0. The molecule has 0 bridgehead atoms. The third kappa shape index (κ3) is 1.74. The molecule has 0 unspecified atom stereocenters. The Balaban J connectivity index is 2.22. The van der Waals surface area contributed by atoms with Crippen molar-refractivity contribution in [3.8, 4) is 11.4 Å². The number of nitrogen functional groups attached to an aromatic ring is 1. The van der Waals surface area contributed by atoms with Crippen molar-refractivity contribution in [1.82, 2.24) is 9.97 Å². The third-order valence-corrected chi connectivity index (χ3v) is 3.10. The molecular formula is C15H15N3. The van der Waals surface area contributed by atoms with Gasteiger partial charge in [0.05, 0.1) is 11.0 Å². The van der Waals surface area contributed by atoms with Gasteiger partial charge in [-0.2, -0.15) is 0 Å². The van der Waals surface area contributed by atoms with E-state index < -0.39 is 0 Å². The summed E-state index contributed by atoms with van der Waals surface area (Å²) in [6, 6.07) is 12.2. The van der Waals surface area contributed by atoms with Gasteiger partial charge < -0.3 is 10.7 Å². The van der Waals surface area contributed by atoms with Gasteiger partial charge >= 0.3 is 0 Å². The van der Waals surface area contributed by atoms with E-state index in [4.69, 9.17) is 5.73 Å². The lowest BCUT2D eigenvalue weighted by Crippen LogP contribution is -1.91. The summed E-state index contributed by atoms with van der Waals surface area (Å²) >= 11 is 0. The minimum Gasteiger partial charge on any atom is -0.398 e. The van der Waals surface area contributed by atoms with Crippen LogP contribution in [0.4, 0.5) is 5.69 Å². The number of aromatic nitrogens is 2. The number of hydrogen-bond donors (Lipinski definition) is 2. The van der Waals surface area contributed by atoms with Gasteiger partial charge in [-0.1, -0.05) is 17.7 Å².